The molecule has 2 amide bonds. The molecule has 4 fully saturated rings. The fourth-order valence-corrected chi connectivity index (χ4v) is 5.12. The van der Waals surface area contributed by atoms with E-state index in [-0.39, 0.29) is 23.8 Å². The molecule has 0 unspecified atom stereocenters. The highest BCUT2D eigenvalue weighted by atomic mass is 16.4. The van der Waals surface area contributed by atoms with Crippen LogP contribution < -0.4 is 0 Å². The highest BCUT2D eigenvalue weighted by Gasteiger charge is 2.61. The van der Waals surface area contributed by atoms with Gasteiger partial charge in [-0.15, -0.1) is 0 Å². The molecule has 2 aliphatic heterocycles. The van der Waals surface area contributed by atoms with Crippen molar-refractivity contribution >= 4 is 17.8 Å². The van der Waals surface area contributed by atoms with E-state index in [1.165, 1.54) is 24.2 Å². The number of nitrogens with zero attached hydrogens (tertiary/aromatic N) is 2. The summed E-state index contributed by atoms with van der Waals surface area (Å²) in [6.07, 6.45) is 7.88. The van der Waals surface area contributed by atoms with E-state index >= 15 is 0 Å². The molecule has 2 saturated heterocycles. The number of carboxylic acid groups (broad SMARTS) is 1. The van der Waals surface area contributed by atoms with E-state index in [0.29, 0.717) is 24.3 Å². The lowest BCUT2D eigenvalue weighted by atomic mass is 9.72. The summed E-state index contributed by atoms with van der Waals surface area (Å²) >= 11 is 0. The minimum absolute atomic E-state index is 0.0118. The molecule has 0 bridgehead atoms. The van der Waals surface area contributed by atoms with Crippen LogP contribution in [0.2, 0.25) is 0 Å². The summed E-state index contributed by atoms with van der Waals surface area (Å²) in [5, 5.41) is 8.98. The van der Waals surface area contributed by atoms with Gasteiger partial charge in [0.1, 0.15) is 6.54 Å². The third kappa shape index (κ3) is 2.60. The Morgan fingerprint density at radius 3 is 2.38 bits per heavy atom. The fraction of sp³-hybridized carbons (Fsp3) is 0.833. The summed E-state index contributed by atoms with van der Waals surface area (Å²) in [4.78, 5) is 39.1. The lowest BCUT2D eigenvalue weighted by Gasteiger charge is -2.47. The zero-order chi connectivity index (χ0) is 16.9. The van der Waals surface area contributed by atoms with Crippen LogP contribution in [0.5, 0.6) is 0 Å². The molecule has 0 aromatic heterocycles. The largest absolute Gasteiger partial charge is 0.480 e. The number of likely N-dealkylation sites (tertiary alicyclic amines) is 2. The van der Waals surface area contributed by atoms with Crippen molar-refractivity contribution in [3.8, 4) is 0 Å². The van der Waals surface area contributed by atoms with Gasteiger partial charge in [0.25, 0.3) is 0 Å². The Bertz CT molecular complexity index is 576. The van der Waals surface area contributed by atoms with Crippen molar-refractivity contribution in [2.45, 2.75) is 51.4 Å². The Hall–Kier alpha value is -1.59. The lowest BCUT2D eigenvalue weighted by Crippen LogP contribution is -2.53. The highest BCUT2D eigenvalue weighted by Crippen LogP contribution is 2.66. The zero-order valence-electron chi connectivity index (χ0n) is 14.1. The van der Waals surface area contributed by atoms with Gasteiger partial charge in [-0.25, -0.2) is 0 Å². The third-order valence-corrected chi connectivity index (χ3v) is 7.05. The van der Waals surface area contributed by atoms with Crippen molar-refractivity contribution in [2.75, 3.05) is 26.2 Å². The van der Waals surface area contributed by atoms with E-state index in [1.807, 2.05) is 4.90 Å². The van der Waals surface area contributed by atoms with Crippen molar-refractivity contribution in [3.63, 3.8) is 0 Å². The Morgan fingerprint density at radius 1 is 1.12 bits per heavy atom. The van der Waals surface area contributed by atoms with E-state index in [9.17, 15) is 14.4 Å². The van der Waals surface area contributed by atoms with E-state index in [4.69, 9.17) is 5.11 Å². The Morgan fingerprint density at radius 2 is 1.83 bits per heavy atom. The lowest BCUT2D eigenvalue weighted by molar-refractivity contribution is -0.150. The van der Waals surface area contributed by atoms with Gasteiger partial charge in [-0.3, -0.25) is 14.4 Å². The van der Waals surface area contributed by atoms with E-state index in [1.54, 1.807) is 0 Å². The number of carbonyl (C=O) groups is 3. The molecule has 2 heterocycles. The Labute approximate surface area is 142 Å². The monoisotopic (exact) mass is 334 g/mol. The number of aliphatic carboxylic acids is 1. The van der Waals surface area contributed by atoms with Gasteiger partial charge in [0, 0.05) is 32.0 Å². The molecule has 0 radical (unpaired) electrons. The summed E-state index contributed by atoms with van der Waals surface area (Å²) in [5.74, 6) is -0.380. The van der Waals surface area contributed by atoms with Crippen LogP contribution in [0.1, 0.15) is 51.4 Å². The first-order valence-electron chi connectivity index (χ1n) is 9.22. The molecule has 2 spiro atoms. The first-order valence-corrected chi connectivity index (χ1v) is 9.22. The van der Waals surface area contributed by atoms with Crippen molar-refractivity contribution in [3.05, 3.63) is 0 Å². The van der Waals surface area contributed by atoms with Gasteiger partial charge in [-0.05, 0) is 49.4 Å². The Kier molecular flexibility index (Phi) is 3.62. The maximum atomic E-state index is 12.7. The minimum atomic E-state index is -0.951. The fourth-order valence-electron chi connectivity index (χ4n) is 5.12. The number of hydrogen-bond acceptors (Lipinski definition) is 3. The average Bonchev–Trinajstić information content (AvgIpc) is 3.27. The van der Waals surface area contributed by atoms with E-state index in [2.05, 4.69) is 0 Å². The van der Waals surface area contributed by atoms with Gasteiger partial charge in [-0.1, -0.05) is 6.42 Å². The number of piperidine rings is 2. The van der Waals surface area contributed by atoms with Crippen LogP contribution in [0.3, 0.4) is 0 Å². The second-order valence-corrected chi connectivity index (χ2v) is 8.44. The number of amides is 2. The molecule has 0 aromatic carbocycles. The average molecular weight is 334 g/mol. The maximum Gasteiger partial charge on any atom is 0.323 e. The van der Waals surface area contributed by atoms with Gasteiger partial charge in [0.05, 0.1) is 0 Å². The molecule has 6 heteroatoms. The van der Waals surface area contributed by atoms with Gasteiger partial charge in [-0.2, -0.15) is 0 Å². The molecule has 24 heavy (non-hydrogen) atoms. The summed E-state index contributed by atoms with van der Waals surface area (Å²) in [5.41, 5.74) is 0.389. The van der Waals surface area contributed by atoms with Crippen molar-refractivity contribution in [1.29, 1.82) is 0 Å². The van der Waals surface area contributed by atoms with Gasteiger partial charge in [0.2, 0.25) is 11.8 Å². The van der Waals surface area contributed by atoms with Crippen molar-refractivity contribution in [1.82, 2.24) is 9.80 Å². The zero-order valence-corrected chi connectivity index (χ0v) is 14.1. The van der Waals surface area contributed by atoms with Gasteiger partial charge >= 0.3 is 5.97 Å². The molecule has 0 aromatic rings. The molecule has 132 valence electrons. The maximum absolute atomic E-state index is 12.7. The van der Waals surface area contributed by atoms with E-state index < -0.39 is 5.97 Å². The number of hydrogen-bond donors (Lipinski definition) is 1. The molecular formula is C18H26N2O4. The summed E-state index contributed by atoms with van der Waals surface area (Å²) in [7, 11) is 0. The second kappa shape index (κ2) is 5.46. The highest BCUT2D eigenvalue weighted by molar-refractivity contribution is 5.83. The van der Waals surface area contributed by atoms with Crippen LogP contribution >= 0.6 is 0 Å². The summed E-state index contributed by atoms with van der Waals surface area (Å²) in [6.45, 7) is 1.86. The standard InChI is InChI=1S/C18H26N2O4/c21-14-2-5-17(12-20(14)11-15(22)23)6-8-19(9-7-17)16(24)13-10-18(13)3-1-4-18/h13H,1-12H2,(H,22,23)/t13-/m1/s1. The van der Waals surface area contributed by atoms with Crippen LogP contribution in [0.15, 0.2) is 0 Å². The first-order chi connectivity index (χ1) is 11.4. The van der Waals surface area contributed by atoms with Crippen LogP contribution in [0.25, 0.3) is 0 Å². The van der Waals surface area contributed by atoms with Crippen LogP contribution in [0.4, 0.5) is 0 Å². The molecule has 6 nitrogen and oxygen atoms in total. The smallest absolute Gasteiger partial charge is 0.323 e. The molecule has 4 aliphatic rings. The predicted molar refractivity (Wildman–Crippen MR) is 86.1 cm³/mol. The first kappa shape index (κ1) is 15.9. The normalized spacial score (nSPS) is 30.3. The summed E-state index contributed by atoms with van der Waals surface area (Å²) < 4.78 is 0. The second-order valence-electron chi connectivity index (χ2n) is 8.44. The van der Waals surface area contributed by atoms with Crippen LogP contribution in [0, 0.1) is 16.7 Å². The molecule has 1 atom stereocenters. The number of rotatable bonds is 3. The molecule has 1 N–H and O–H groups in total. The predicted octanol–water partition coefficient (Wildman–Crippen LogP) is 1.49. The topological polar surface area (TPSA) is 77.9 Å². The molecule has 4 rings (SSSR count). The van der Waals surface area contributed by atoms with Gasteiger partial charge < -0.3 is 14.9 Å². The molecule has 2 aliphatic carbocycles. The third-order valence-electron chi connectivity index (χ3n) is 7.05. The number of carboxylic acids is 1. The molecule has 2 saturated carbocycles. The van der Waals surface area contributed by atoms with Gasteiger partial charge in [0.15, 0.2) is 0 Å². The van der Waals surface area contributed by atoms with Crippen LogP contribution in [-0.4, -0.2) is 58.9 Å². The van der Waals surface area contributed by atoms with Crippen molar-refractivity contribution in [2.24, 2.45) is 16.7 Å². The SMILES string of the molecule is O=C(O)CN1CC2(CCC1=O)CCN(C(=O)[C@H]1CC13CCC3)CC2. The van der Waals surface area contributed by atoms with Crippen molar-refractivity contribution < 1.29 is 19.5 Å². The van der Waals surface area contributed by atoms with Crippen LogP contribution in [-0.2, 0) is 14.4 Å². The quantitative estimate of drug-likeness (QED) is 0.848. The summed E-state index contributed by atoms with van der Waals surface area (Å²) in [6, 6.07) is 0. The minimum Gasteiger partial charge on any atom is -0.480 e. The molecular weight excluding hydrogens is 308 g/mol. The Balaban J connectivity index is 1.34. The number of carbonyl (C=O) groups excluding carboxylic acids is 2. The van der Waals surface area contributed by atoms with E-state index in [0.717, 1.165) is 38.8 Å².